The number of rotatable bonds is 4. The van der Waals surface area contributed by atoms with Gasteiger partial charge in [-0.05, 0) is 32.0 Å². The van der Waals surface area contributed by atoms with Crippen LogP contribution in [0.3, 0.4) is 0 Å². The number of nitrogens with two attached hydrogens (primary N) is 1. The average Bonchev–Trinajstić information content (AvgIpc) is 2.20. The topological polar surface area (TPSA) is 72.2 Å². The Bertz CT molecular complexity index is 523. The molecule has 0 saturated heterocycles. The van der Waals surface area contributed by atoms with Crippen LogP contribution in [0.15, 0.2) is 27.6 Å². The van der Waals surface area contributed by atoms with Crippen LogP contribution >= 0.6 is 28.3 Å². The summed E-state index contributed by atoms with van der Waals surface area (Å²) in [4.78, 5) is -0.395. The molecule has 0 heterocycles. The fourth-order valence-corrected chi connectivity index (χ4v) is 3.18. The highest BCUT2D eigenvalue weighted by Gasteiger charge is 2.27. The molecule has 0 aliphatic rings. The normalized spacial score (nSPS) is 12.1. The summed E-state index contributed by atoms with van der Waals surface area (Å²) >= 11 is 3.10. The number of benzene rings is 1. The van der Waals surface area contributed by atoms with Crippen LogP contribution in [0, 0.1) is 5.82 Å². The van der Waals surface area contributed by atoms with E-state index in [-0.39, 0.29) is 19.0 Å². The number of halogens is 3. The maximum atomic E-state index is 13.5. The van der Waals surface area contributed by atoms with Crippen LogP contribution in [0.2, 0.25) is 0 Å². The molecule has 1 rings (SSSR count). The molecule has 3 N–H and O–H groups in total. The van der Waals surface area contributed by atoms with E-state index >= 15 is 0 Å². The fourth-order valence-electron chi connectivity index (χ4n) is 1.14. The van der Waals surface area contributed by atoms with Gasteiger partial charge in [-0.3, -0.25) is 0 Å². The summed E-state index contributed by atoms with van der Waals surface area (Å²) in [5, 5.41) is 0. The van der Waals surface area contributed by atoms with Crippen LogP contribution in [-0.2, 0) is 10.0 Å². The van der Waals surface area contributed by atoms with Crippen LogP contribution in [0.5, 0.6) is 0 Å². The van der Waals surface area contributed by atoms with Crippen molar-refractivity contribution in [1.29, 1.82) is 0 Å². The molecule has 0 saturated carbocycles. The highest BCUT2D eigenvalue weighted by molar-refractivity contribution is 9.10. The first-order valence-electron chi connectivity index (χ1n) is 4.87. The van der Waals surface area contributed by atoms with Crippen molar-refractivity contribution in [2.24, 2.45) is 5.73 Å². The van der Waals surface area contributed by atoms with Crippen molar-refractivity contribution in [3.8, 4) is 0 Å². The van der Waals surface area contributed by atoms with Crippen LogP contribution in [0.4, 0.5) is 4.39 Å². The van der Waals surface area contributed by atoms with Crippen molar-refractivity contribution < 1.29 is 12.8 Å². The van der Waals surface area contributed by atoms with E-state index in [1.807, 2.05) is 0 Å². The molecular weight excluding hydrogens is 347 g/mol. The minimum atomic E-state index is -3.92. The molecule has 0 amide bonds. The zero-order valence-electron chi connectivity index (χ0n) is 9.91. The van der Waals surface area contributed by atoms with Crippen molar-refractivity contribution in [1.82, 2.24) is 4.72 Å². The van der Waals surface area contributed by atoms with E-state index in [9.17, 15) is 12.8 Å². The van der Waals surface area contributed by atoms with E-state index in [1.54, 1.807) is 13.8 Å². The molecule has 1 aromatic carbocycles. The summed E-state index contributed by atoms with van der Waals surface area (Å²) in [6.45, 7) is 3.36. The van der Waals surface area contributed by atoms with Crippen molar-refractivity contribution >= 4 is 38.4 Å². The lowest BCUT2D eigenvalue weighted by molar-refractivity contribution is 0.459. The molecule has 0 unspecified atom stereocenters. The summed E-state index contributed by atoms with van der Waals surface area (Å²) in [5.74, 6) is -0.798. The minimum Gasteiger partial charge on any atom is -0.329 e. The molecular formula is C10H15BrClFN2O2S. The summed E-state index contributed by atoms with van der Waals surface area (Å²) < 4.78 is 40.2. The van der Waals surface area contributed by atoms with Gasteiger partial charge >= 0.3 is 0 Å². The van der Waals surface area contributed by atoms with E-state index in [4.69, 9.17) is 5.73 Å². The molecule has 0 aliphatic heterocycles. The van der Waals surface area contributed by atoms with Gasteiger partial charge in [-0.1, -0.05) is 15.9 Å². The van der Waals surface area contributed by atoms with Gasteiger partial charge in [0.15, 0.2) is 0 Å². The van der Waals surface area contributed by atoms with E-state index in [1.165, 1.54) is 12.1 Å². The second-order valence-corrected chi connectivity index (χ2v) is 6.83. The molecule has 104 valence electrons. The van der Waals surface area contributed by atoms with Crippen molar-refractivity contribution in [3.63, 3.8) is 0 Å². The monoisotopic (exact) mass is 360 g/mol. The summed E-state index contributed by atoms with van der Waals surface area (Å²) in [6, 6.07) is 3.74. The van der Waals surface area contributed by atoms with Crippen molar-refractivity contribution in [3.05, 3.63) is 28.5 Å². The first kappa shape index (κ1) is 17.8. The number of nitrogens with one attached hydrogen (secondary N) is 1. The molecule has 0 aliphatic carbocycles. The predicted molar refractivity (Wildman–Crippen MR) is 74.8 cm³/mol. The third kappa shape index (κ3) is 4.47. The van der Waals surface area contributed by atoms with Gasteiger partial charge in [0, 0.05) is 16.6 Å². The van der Waals surface area contributed by atoms with Gasteiger partial charge in [-0.2, -0.15) is 0 Å². The Morgan fingerprint density at radius 3 is 2.50 bits per heavy atom. The Morgan fingerprint density at radius 1 is 1.44 bits per heavy atom. The molecule has 18 heavy (non-hydrogen) atoms. The summed E-state index contributed by atoms with van der Waals surface area (Å²) in [6.07, 6.45) is 0. The quantitative estimate of drug-likeness (QED) is 0.862. The predicted octanol–water partition coefficient (Wildman–Crippen LogP) is 2.03. The van der Waals surface area contributed by atoms with E-state index in [0.717, 1.165) is 6.07 Å². The smallest absolute Gasteiger partial charge is 0.244 e. The molecule has 0 aromatic heterocycles. The minimum absolute atomic E-state index is 0. The Labute approximate surface area is 121 Å². The first-order chi connectivity index (χ1) is 7.68. The maximum Gasteiger partial charge on any atom is 0.244 e. The van der Waals surface area contributed by atoms with Crippen LogP contribution in [0.1, 0.15) is 13.8 Å². The summed E-state index contributed by atoms with van der Waals surface area (Å²) in [7, 11) is -3.92. The maximum absolute atomic E-state index is 13.5. The third-order valence-corrected chi connectivity index (χ3v) is 4.31. The van der Waals surface area contributed by atoms with Crippen molar-refractivity contribution in [2.75, 3.05) is 6.54 Å². The first-order valence-corrected chi connectivity index (χ1v) is 7.15. The lowest BCUT2D eigenvalue weighted by Crippen LogP contribution is -2.48. The molecule has 1 aromatic rings. The molecule has 0 fully saturated rings. The van der Waals surface area contributed by atoms with Crippen LogP contribution in [-0.4, -0.2) is 20.5 Å². The van der Waals surface area contributed by atoms with Gasteiger partial charge in [0.2, 0.25) is 10.0 Å². The Hall–Kier alpha value is -0.210. The van der Waals surface area contributed by atoms with Crippen molar-refractivity contribution in [2.45, 2.75) is 24.3 Å². The number of hydrogen-bond donors (Lipinski definition) is 2. The summed E-state index contributed by atoms with van der Waals surface area (Å²) in [5.41, 5.74) is 4.60. The molecule has 4 nitrogen and oxygen atoms in total. The lowest BCUT2D eigenvalue weighted by Gasteiger charge is -2.24. The second-order valence-electron chi connectivity index (χ2n) is 4.27. The third-order valence-electron chi connectivity index (χ3n) is 2.10. The van der Waals surface area contributed by atoms with Gasteiger partial charge < -0.3 is 5.73 Å². The van der Waals surface area contributed by atoms with E-state index < -0.39 is 26.3 Å². The zero-order chi connectivity index (χ0) is 13.3. The van der Waals surface area contributed by atoms with Crippen LogP contribution in [0.25, 0.3) is 0 Å². The molecule has 8 heteroatoms. The largest absolute Gasteiger partial charge is 0.329 e. The Morgan fingerprint density at radius 2 is 2.00 bits per heavy atom. The van der Waals surface area contributed by atoms with E-state index in [0.29, 0.717) is 4.47 Å². The second kappa shape index (κ2) is 6.29. The Balaban J connectivity index is 0.00000289. The van der Waals surface area contributed by atoms with Gasteiger partial charge in [0.25, 0.3) is 0 Å². The Kier molecular flexibility index (Phi) is 6.22. The standard InChI is InChI=1S/C10H14BrFN2O2S.ClH/c1-10(2,6-13)14-17(15,16)9-5-7(11)3-4-8(9)12;/h3-5,14H,6,13H2,1-2H3;1H. The average molecular weight is 362 g/mol. The van der Waals surface area contributed by atoms with Gasteiger partial charge in [-0.15, -0.1) is 12.4 Å². The van der Waals surface area contributed by atoms with Gasteiger partial charge in [0.1, 0.15) is 10.7 Å². The highest BCUT2D eigenvalue weighted by atomic mass is 79.9. The lowest BCUT2D eigenvalue weighted by atomic mass is 10.1. The van der Waals surface area contributed by atoms with Gasteiger partial charge in [-0.25, -0.2) is 17.5 Å². The number of hydrogen-bond acceptors (Lipinski definition) is 3. The number of sulfonamides is 1. The zero-order valence-corrected chi connectivity index (χ0v) is 13.1. The molecule has 0 radical (unpaired) electrons. The fraction of sp³-hybridized carbons (Fsp3) is 0.400. The van der Waals surface area contributed by atoms with Crippen LogP contribution < -0.4 is 10.5 Å². The highest BCUT2D eigenvalue weighted by Crippen LogP contribution is 2.21. The SMILES string of the molecule is CC(C)(CN)NS(=O)(=O)c1cc(Br)ccc1F.Cl. The molecule has 0 bridgehead atoms. The molecule has 0 spiro atoms. The van der Waals surface area contributed by atoms with E-state index in [2.05, 4.69) is 20.7 Å². The van der Waals surface area contributed by atoms with Gasteiger partial charge in [0.05, 0.1) is 0 Å². The molecule has 0 atom stereocenters.